The van der Waals surface area contributed by atoms with E-state index in [1.807, 2.05) is 13.0 Å². The summed E-state index contributed by atoms with van der Waals surface area (Å²) in [7, 11) is 1.31. The summed E-state index contributed by atoms with van der Waals surface area (Å²) in [5.74, 6) is 1.18. The second-order valence-corrected chi connectivity index (χ2v) is 9.76. The van der Waals surface area contributed by atoms with Crippen LogP contribution >= 0.6 is 0 Å². The van der Waals surface area contributed by atoms with Crippen LogP contribution in [0.3, 0.4) is 0 Å². The number of esters is 1. The Bertz CT molecular complexity index is 1060. The Morgan fingerprint density at radius 3 is 2.41 bits per heavy atom. The SMILES string of the molecule is COC(=O)C1C[C@@H](Oc2nc(C3CC3)nc3cc(C)c(C)cc23)CN1C(=O)OC(C)(C)C. The van der Waals surface area contributed by atoms with Crippen molar-refractivity contribution in [1.82, 2.24) is 14.9 Å². The molecule has 2 aliphatic rings. The maximum absolute atomic E-state index is 12.8. The Hall–Kier alpha value is -2.90. The highest BCUT2D eigenvalue weighted by Gasteiger charge is 2.43. The van der Waals surface area contributed by atoms with Crippen molar-refractivity contribution in [2.45, 2.75) is 77.5 Å². The molecule has 172 valence electrons. The zero-order valence-corrected chi connectivity index (χ0v) is 19.6. The molecule has 8 nitrogen and oxygen atoms in total. The number of rotatable bonds is 4. The molecule has 2 aromatic rings. The summed E-state index contributed by atoms with van der Waals surface area (Å²) >= 11 is 0. The first kappa shape index (κ1) is 22.3. The fraction of sp³-hybridized carbons (Fsp3) is 0.583. The van der Waals surface area contributed by atoms with Gasteiger partial charge in [-0.25, -0.2) is 14.6 Å². The quantitative estimate of drug-likeness (QED) is 0.661. The number of carbonyl (C=O) groups is 2. The summed E-state index contributed by atoms with van der Waals surface area (Å²) < 4.78 is 16.8. The molecule has 1 saturated carbocycles. The van der Waals surface area contributed by atoms with E-state index >= 15 is 0 Å². The van der Waals surface area contributed by atoms with Gasteiger partial charge in [-0.3, -0.25) is 4.90 Å². The molecule has 1 aliphatic heterocycles. The lowest BCUT2D eigenvalue weighted by atomic mass is 10.1. The number of hydrogen-bond acceptors (Lipinski definition) is 7. The van der Waals surface area contributed by atoms with Crippen molar-refractivity contribution in [3.63, 3.8) is 0 Å². The summed E-state index contributed by atoms with van der Waals surface area (Å²) in [6.45, 7) is 9.69. The number of aromatic nitrogens is 2. The van der Waals surface area contributed by atoms with Gasteiger partial charge in [0.05, 0.1) is 24.6 Å². The first-order valence-corrected chi connectivity index (χ1v) is 11.1. The van der Waals surface area contributed by atoms with Crippen molar-refractivity contribution < 1.29 is 23.8 Å². The third-order valence-corrected chi connectivity index (χ3v) is 5.88. The number of likely N-dealkylation sites (tertiary alicyclic amines) is 1. The van der Waals surface area contributed by atoms with Crippen molar-refractivity contribution in [2.75, 3.05) is 13.7 Å². The van der Waals surface area contributed by atoms with Gasteiger partial charge in [0.1, 0.15) is 23.6 Å². The number of benzene rings is 1. The predicted octanol–water partition coefficient (Wildman–Crippen LogP) is 4.05. The highest BCUT2D eigenvalue weighted by molar-refractivity contribution is 5.85. The molecule has 2 heterocycles. The minimum Gasteiger partial charge on any atom is -0.472 e. The molecule has 0 radical (unpaired) electrons. The van der Waals surface area contributed by atoms with E-state index in [9.17, 15) is 9.59 Å². The average Bonchev–Trinajstić information content (AvgIpc) is 3.47. The van der Waals surface area contributed by atoms with Crippen molar-refractivity contribution >= 4 is 23.0 Å². The van der Waals surface area contributed by atoms with Gasteiger partial charge in [-0.15, -0.1) is 0 Å². The standard InChI is InChI=1S/C24H31N3O5/c1-13-9-17-18(10-14(13)2)25-20(15-7-8-15)26-21(17)31-16-11-19(22(28)30-6)27(12-16)23(29)32-24(3,4)5/h9-10,15-16,19H,7-8,11-12H2,1-6H3/t16-,19?/m1/s1. The number of aryl methyl sites for hydroxylation is 2. The maximum atomic E-state index is 12.8. The smallest absolute Gasteiger partial charge is 0.411 e. The lowest BCUT2D eigenvalue weighted by molar-refractivity contribution is -0.145. The van der Waals surface area contributed by atoms with Crippen LogP contribution in [0.5, 0.6) is 5.88 Å². The molecule has 1 aliphatic carbocycles. The number of fused-ring (bicyclic) bond motifs is 1. The number of amides is 1. The van der Waals surface area contributed by atoms with Crippen LogP contribution < -0.4 is 4.74 Å². The maximum Gasteiger partial charge on any atom is 0.411 e. The average molecular weight is 442 g/mol. The Labute approximate surface area is 188 Å². The molecule has 2 atom stereocenters. The number of carbonyl (C=O) groups excluding carboxylic acids is 2. The van der Waals surface area contributed by atoms with E-state index in [-0.39, 0.29) is 6.54 Å². The van der Waals surface area contributed by atoms with Crippen LogP contribution in [0, 0.1) is 13.8 Å². The van der Waals surface area contributed by atoms with Gasteiger partial charge in [0, 0.05) is 12.3 Å². The van der Waals surface area contributed by atoms with Crippen molar-refractivity contribution in [3.8, 4) is 5.88 Å². The monoisotopic (exact) mass is 441 g/mol. The largest absolute Gasteiger partial charge is 0.472 e. The van der Waals surface area contributed by atoms with Gasteiger partial charge in [0.15, 0.2) is 0 Å². The van der Waals surface area contributed by atoms with Gasteiger partial charge < -0.3 is 14.2 Å². The molecule has 1 aromatic carbocycles. The van der Waals surface area contributed by atoms with Gasteiger partial charge in [-0.05, 0) is 70.7 Å². The van der Waals surface area contributed by atoms with Crippen molar-refractivity contribution in [1.29, 1.82) is 0 Å². The number of nitrogens with zero attached hydrogens (tertiary/aromatic N) is 3. The van der Waals surface area contributed by atoms with Crippen LogP contribution in [0.2, 0.25) is 0 Å². The minimum atomic E-state index is -0.764. The molecule has 2 fully saturated rings. The zero-order chi connectivity index (χ0) is 23.2. The van der Waals surface area contributed by atoms with Crippen LogP contribution in [0.1, 0.15) is 62.9 Å². The highest BCUT2D eigenvalue weighted by atomic mass is 16.6. The lowest BCUT2D eigenvalue weighted by Crippen LogP contribution is -2.44. The molecule has 1 unspecified atom stereocenters. The third kappa shape index (κ3) is 4.64. The molecule has 0 spiro atoms. The van der Waals surface area contributed by atoms with Gasteiger partial charge in [-0.2, -0.15) is 4.98 Å². The molecule has 4 rings (SSSR count). The molecule has 1 saturated heterocycles. The Kier molecular flexibility index (Phi) is 5.73. The Balaban J connectivity index is 1.64. The molecular weight excluding hydrogens is 410 g/mol. The number of methoxy groups -OCH3 is 1. The van der Waals surface area contributed by atoms with E-state index in [1.54, 1.807) is 20.8 Å². The van der Waals surface area contributed by atoms with E-state index in [1.165, 1.54) is 12.0 Å². The lowest BCUT2D eigenvalue weighted by Gasteiger charge is -2.27. The molecule has 1 aromatic heterocycles. The molecular formula is C24H31N3O5. The first-order valence-electron chi connectivity index (χ1n) is 11.1. The van der Waals surface area contributed by atoms with Crippen molar-refractivity contribution in [2.24, 2.45) is 0 Å². The fourth-order valence-corrected chi connectivity index (χ4v) is 3.91. The molecule has 8 heteroatoms. The van der Waals surface area contributed by atoms with Crippen LogP contribution in [-0.2, 0) is 14.3 Å². The topological polar surface area (TPSA) is 90.9 Å². The normalized spacial score (nSPS) is 21.0. The van der Waals surface area contributed by atoms with Crippen LogP contribution in [0.4, 0.5) is 4.79 Å². The van der Waals surface area contributed by atoms with Crippen LogP contribution in [0.15, 0.2) is 12.1 Å². The molecule has 32 heavy (non-hydrogen) atoms. The van der Waals surface area contributed by atoms with E-state index in [0.717, 1.165) is 40.7 Å². The Morgan fingerprint density at radius 1 is 1.09 bits per heavy atom. The molecule has 1 amide bonds. The van der Waals surface area contributed by atoms with E-state index < -0.39 is 29.8 Å². The molecule has 0 bridgehead atoms. The second kappa shape index (κ2) is 8.22. The summed E-state index contributed by atoms with van der Waals surface area (Å²) in [6, 6.07) is 3.33. The van der Waals surface area contributed by atoms with E-state index in [2.05, 4.69) is 13.0 Å². The summed E-state index contributed by atoms with van der Waals surface area (Å²) in [5, 5.41) is 0.836. The highest BCUT2D eigenvalue weighted by Crippen LogP contribution is 2.40. The minimum absolute atomic E-state index is 0.212. The fourth-order valence-electron chi connectivity index (χ4n) is 3.91. The predicted molar refractivity (Wildman–Crippen MR) is 119 cm³/mol. The van der Waals surface area contributed by atoms with Gasteiger partial charge in [-0.1, -0.05) is 0 Å². The van der Waals surface area contributed by atoms with E-state index in [4.69, 9.17) is 24.2 Å². The van der Waals surface area contributed by atoms with Gasteiger partial charge >= 0.3 is 12.1 Å². The zero-order valence-electron chi connectivity index (χ0n) is 19.6. The van der Waals surface area contributed by atoms with E-state index in [0.29, 0.717) is 18.2 Å². The second-order valence-electron chi connectivity index (χ2n) is 9.76. The Morgan fingerprint density at radius 2 is 1.78 bits per heavy atom. The van der Waals surface area contributed by atoms with Gasteiger partial charge in [0.25, 0.3) is 0 Å². The number of hydrogen-bond donors (Lipinski definition) is 0. The summed E-state index contributed by atoms with van der Waals surface area (Å²) in [4.78, 5) is 36.0. The summed E-state index contributed by atoms with van der Waals surface area (Å²) in [5.41, 5.74) is 2.46. The first-order chi connectivity index (χ1) is 15.1. The van der Waals surface area contributed by atoms with Crippen molar-refractivity contribution in [3.05, 3.63) is 29.1 Å². The van der Waals surface area contributed by atoms with Crippen LogP contribution in [0.25, 0.3) is 10.9 Å². The summed E-state index contributed by atoms with van der Waals surface area (Å²) in [6.07, 6.45) is 1.49. The number of ether oxygens (including phenoxy) is 3. The third-order valence-electron chi connectivity index (χ3n) is 5.88. The van der Waals surface area contributed by atoms with Crippen LogP contribution in [-0.4, -0.2) is 58.3 Å². The van der Waals surface area contributed by atoms with Gasteiger partial charge in [0.2, 0.25) is 5.88 Å². The molecule has 0 N–H and O–H groups in total.